The minimum absolute atomic E-state index is 0.0795. The number of nitrogens with zero attached hydrogens (tertiary/aromatic N) is 1. The van der Waals surface area contributed by atoms with Crippen LogP contribution in [0.15, 0.2) is 17.2 Å². The quantitative estimate of drug-likeness (QED) is 0.518. The zero-order chi connectivity index (χ0) is 9.14. The predicted octanol–water partition coefficient (Wildman–Crippen LogP) is 2.31. The van der Waals surface area contributed by atoms with Gasteiger partial charge in [0.2, 0.25) is 0 Å². The molecule has 0 spiro atoms. The van der Waals surface area contributed by atoms with Crippen molar-refractivity contribution in [2.24, 2.45) is 0 Å². The minimum Gasteiger partial charge on any atom is -0.294 e. The Kier molecular flexibility index (Phi) is 2.87. The highest BCUT2D eigenvalue weighted by Crippen LogP contribution is 2.16. The van der Waals surface area contributed by atoms with E-state index in [9.17, 15) is 4.79 Å². The third-order valence-corrected chi connectivity index (χ3v) is 2.37. The standard InChI is InChI=1S/C9H11NOS/c1-6-9(7(2)11)4-8(12-3)5-10-6/h4-5H,1-3H3. The van der Waals surface area contributed by atoms with E-state index in [0.29, 0.717) is 0 Å². The molecule has 0 aromatic carbocycles. The number of pyridine rings is 1. The first-order chi connectivity index (χ1) is 5.65. The molecule has 0 saturated heterocycles. The summed E-state index contributed by atoms with van der Waals surface area (Å²) in [5, 5.41) is 0. The first-order valence-electron chi connectivity index (χ1n) is 3.66. The Bertz CT molecular complexity index is 309. The van der Waals surface area contributed by atoms with E-state index in [-0.39, 0.29) is 5.78 Å². The third kappa shape index (κ3) is 1.85. The van der Waals surface area contributed by atoms with Crippen molar-refractivity contribution >= 4 is 17.5 Å². The van der Waals surface area contributed by atoms with Crippen LogP contribution in [0.25, 0.3) is 0 Å². The summed E-state index contributed by atoms with van der Waals surface area (Å²) in [7, 11) is 0. The Morgan fingerprint density at radius 3 is 2.75 bits per heavy atom. The molecule has 1 aromatic heterocycles. The van der Waals surface area contributed by atoms with Crippen LogP contribution < -0.4 is 0 Å². The third-order valence-electron chi connectivity index (χ3n) is 1.68. The number of hydrogen-bond donors (Lipinski definition) is 0. The molecule has 0 aliphatic carbocycles. The normalized spacial score (nSPS) is 9.92. The van der Waals surface area contributed by atoms with E-state index in [1.807, 2.05) is 19.2 Å². The first kappa shape index (κ1) is 9.26. The van der Waals surface area contributed by atoms with Gasteiger partial charge in [0.1, 0.15) is 0 Å². The van der Waals surface area contributed by atoms with Crippen LogP contribution in [0.3, 0.4) is 0 Å². The molecule has 0 unspecified atom stereocenters. The molecule has 0 aliphatic rings. The maximum Gasteiger partial charge on any atom is 0.161 e. The molecule has 0 aliphatic heterocycles. The van der Waals surface area contributed by atoms with Gasteiger partial charge in [0, 0.05) is 22.3 Å². The first-order valence-corrected chi connectivity index (χ1v) is 4.89. The van der Waals surface area contributed by atoms with E-state index < -0.39 is 0 Å². The van der Waals surface area contributed by atoms with Crippen LogP contribution >= 0.6 is 11.8 Å². The maximum atomic E-state index is 11.1. The van der Waals surface area contributed by atoms with Crippen molar-refractivity contribution in [2.45, 2.75) is 18.7 Å². The largest absolute Gasteiger partial charge is 0.294 e. The monoisotopic (exact) mass is 181 g/mol. The van der Waals surface area contributed by atoms with E-state index in [1.54, 1.807) is 24.9 Å². The van der Waals surface area contributed by atoms with Gasteiger partial charge in [-0.1, -0.05) is 0 Å². The Morgan fingerprint density at radius 1 is 1.58 bits per heavy atom. The molecule has 0 amide bonds. The van der Waals surface area contributed by atoms with Gasteiger partial charge in [-0.25, -0.2) is 0 Å². The fourth-order valence-electron chi connectivity index (χ4n) is 0.982. The summed E-state index contributed by atoms with van der Waals surface area (Å²) in [6.07, 6.45) is 3.75. The molecule has 12 heavy (non-hydrogen) atoms. The number of rotatable bonds is 2. The van der Waals surface area contributed by atoms with E-state index in [4.69, 9.17) is 0 Å². The zero-order valence-corrected chi connectivity index (χ0v) is 8.23. The highest BCUT2D eigenvalue weighted by Gasteiger charge is 2.05. The molecule has 0 saturated carbocycles. The molecule has 0 N–H and O–H groups in total. The van der Waals surface area contributed by atoms with E-state index in [1.165, 1.54) is 0 Å². The second-order valence-electron chi connectivity index (χ2n) is 2.56. The number of Topliss-reactive ketones (excluding diaryl/α,β-unsaturated/α-hetero) is 1. The van der Waals surface area contributed by atoms with Gasteiger partial charge in [0.15, 0.2) is 5.78 Å². The van der Waals surface area contributed by atoms with Crippen molar-refractivity contribution in [2.75, 3.05) is 6.26 Å². The summed E-state index contributed by atoms with van der Waals surface area (Å²) in [5.41, 5.74) is 1.53. The van der Waals surface area contributed by atoms with Gasteiger partial charge >= 0.3 is 0 Å². The SMILES string of the molecule is CSc1cnc(C)c(C(C)=O)c1. The zero-order valence-electron chi connectivity index (χ0n) is 7.42. The molecular formula is C9H11NOS. The van der Waals surface area contributed by atoms with Crippen LogP contribution in [0.1, 0.15) is 23.0 Å². The second-order valence-corrected chi connectivity index (χ2v) is 3.44. The van der Waals surface area contributed by atoms with Crippen LogP contribution in [0.4, 0.5) is 0 Å². The average Bonchev–Trinajstić information content (AvgIpc) is 2.05. The highest BCUT2D eigenvalue weighted by atomic mass is 32.2. The van der Waals surface area contributed by atoms with E-state index in [2.05, 4.69) is 4.98 Å². The number of carbonyl (C=O) groups excluding carboxylic acids is 1. The van der Waals surface area contributed by atoms with Crippen LogP contribution in [-0.2, 0) is 0 Å². The maximum absolute atomic E-state index is 11.1. The van der Waals surface area contributed by atoms with Gasteiger partial charge in [0.25, 0.3) is 0 Å². The van der Waals surface area contributed by atoms with Crippen LogP contribution in [-0.4, -0.2) is 17.0 Å². The molecule has 0 radical (unpaired) electrons. The number of aryl methyl sites for hydroxylation is 1. The lowest BCUT2D eigenvalue weighted by molar-refractivity contribution is 0.101. The van der Waals surface area contributed by atoms with Gasteiger partial charge in [-0.3, -0.25) is 9.78 Å². The Labute approximate surface area is 76.4 Å². The smallest absolute Gasteiger partial charge is 0.161 e. The van der Waals surface area contributed by atoms with Crippen molar-refractivity contribution in [1.82, 2.24) is 4.98 Å². The molecule has 64 valence electrons. The molecule has 1 rings (SSSR count). The molecular weight excluding hydrogens is 170 g/mol. The summed E-state index contributed by atoms with van der Waals surface area (Å²) in [6.45, 7) is 3.41. The van der Waals surface area contributed by atoms with Gasteiger partial charge in [0.05, 0.1) is 0 Å². The van der Waals surface area contributed by atoms with Gasteiger partial charge in [-0.2, -0.15) is 0 Å². The van der Waals surface area contributed by atoms with Crippen molar-refractivity contribution < 1.29 is 4.79 Å². The summed E-state index contributed by atoms with van der Waals surface area (Å²) in [4.78, 5) is 16.2. The molecule has 1 aromatic rings. The molecule has 0 fully saturated rings. The van der Waals surface area contributed by atoms with Crippen molar-refractivity contribution in [3.8, 4) is 0 Å². The molecule has 2 nitrogen and oxygen atoms in total. The number of ketones is 1. The molecule has 0 bridgehead atoms. The van der Waals surface area contributed by atoms with Crippen LogP contribution in [0.5, 0.6) is 0 Å². The fraction of sp³-hybridized carbons (Fsp3) is 0.333. The summed E-state index contributed by atoms with van der Waals surface area (Å²) in [6, 6.07) is 1.88. The molecule has 3 heteroatoms. The van der Waals surface area contributed by atoms with Crippen LogP contribution in [0, 0.1) is 6.92 Å². The van der Waals surface area contributed by atoms with Crippen molar-refractivity contribution in [3.05, 3.63) is 23.5 Å². The average molecular weight is 181 g/mol. The molecule has 0 atom stereocenters. The predicted molar refractivity (Wildman–Crippen MR) is 50.8 cm³/mol. The van der Waals surface area contributed by atoms with Gasteiger partial charge < -0.3 is 0 Å². The minimum atomic E-state index is 0.0795. The number of carbonyl (C=O) groups is 1. The lowest BCUT2D eigenvalue weighted by Gasteiger charge is -2.02. The number of thioether (sulfide) groups is 1. The van der Waals surface area contributed by atoms with Gasteiger partial charge in [-0.15, -0.1) is 11.8 Å². The Hall–Kier alpha value is -0.830. The Balaban J connectivity index is 3.17. The van der Waals surface area contributed by atoms with Crippen molar-refractivity contribution in [3.63, 3.8) is 0 Å². The second kappa shape index (κ2) is 3.72. The number of aromatic nitrogens is 1. The Morgan fingerprint density at radius 2 is 2.25 bits per heavy atom. The van der Waals surface area contributed by atoms with Gasteiger partial charge in [-0.05, 0) is 26.2 Å². The summed E-state index contributed by atoms with van der Waals surface area (Å²) < 4.78 is 0. The van der Waals surface area contributed by atoms with Crippen LogP contribution in [0.2, 0.25) is 0 Å². The van der Waals surface area contributed by atoms with E-state index >= 15 is 0 Å². The lowest BCUT2D eigenvalue weighted by atomic mass is 10.1. The molecule has 1 heterocycles. The van der Waals surface area contributed by atoms with E-state index in [0.717, 1.165) is 16.2 Å². The highest BCUT2D eigenvalue weighted by molar-refractivity contribution is 7.98. The lowest BCUT2D eigenvalue weighted by Crippen LogP contribution is -1.98. The number of hydrogen-bond acceptors (Lipinski definition) is 3. The summed E-state index contributed by atoms with van der Waals surface area (Å²) >= 11 is 1.59. The topological polar surface area (TPSA) is 30.0 Å². The fourth-order valence-corrected chi connectivity index (χ4v) is 1.38. The summed E-state index contributed by atoms with van der Waals surface area (Å²) in [5.74, 6) is 0.0795. The van der Waals surface area contributed by atoms with Crippen molar-refractivity contribution in [1.29, 1.82) is 0 Å².